The van der Waals surface area contributed by atoms with Crippen molar-refractivity contribution in [1.29, 1.82) is 0 Å². The largest absolute Gasteiger partial charge is 0.459 e. The number of nitrogens with zero attached hydrogens (tertiary/aromatic N) is 1. The van der Waals surface area contributed by atoms with E-state index in [1.54, 1.807) is 62.4 Å². The molecule has 0 spiro atoms. The van der Waals surface area contributed by atoms with E-state index in [1.807, 2.05) is 0 Å². The number of benzene rings is 2. The van der Waals surface area contributed by atoms with Gasteiger partial charge in [-0.3, -0.25) is 19.3 Å². The van der Waals surface area contributed by atoms with E-state index in [0.717, 1.165) is 0 Å². The average molecular weight is 407 g/mol. The summed E-state index contributed by atoms with van der Waals surface area (Å²) in [5.41, 5.74) is 0.0767. The zero-order valence-corrected chi connectivity index (χ0v) is 16.6. The van der Waals surface area contributed by atoms with Crippen molar-refractivity contribution in [1.82, 2.24) is 5.32 Å². The number of rotatable bonds is 4. The molecule has 1 unspecified atom stereocenters. The second-order valence-electron chi connectivity index (χ2n) is 7.55. The minimum atomic E-state index is -1.49. The summed E-state index contributed by atoms with van der Waals surface area (Å²) in [7, 11) is 0. The molecule has 0 aliphatic carbocycles. The fourth-order valence-corrected chi connectivity index (χ4v) is 3.78. The summed E-state index contributed by atoms with van der Waals surface area (Å²) >= 11 is 0. The van der Waals surface area contributed by atoms with Crippen molar-refractivity contribution in [2.45, 2.75) is 38.5 Å². The van der Waals surface area contributed by atoms with Gasteiger partial charge >= 0.3 is 5.97 Å². The lowest BCUT2D eigenvalue weighted by atomic mass is 9.98. The Labute approximate surface area is 173 Å². The number of hydrogen-bond acceptors (Lipinski definition) is 5. The van der Waals surface area contributed by atoms with Crippen molar-refractivity contribution in [3.63, 3.8) is 0 Å². The Morgan fingerprint density at radius 3 is 2.50 bits per heavy atom. The molecule has 154 valence electrons. The first-order chi connectivity index (χ1) is 14.3. The van der Waals surface area contributed by atoms with E-state index >= 15 is 0 Å². The van der Waals surface area contributed by atoms with Crippen LogP contribution >= 0.6 is 0 Å². The zero-order valence-electron chi connectivity index (χ0n) is 16.6. The third kappa shape index (κ3) is 3.20. The molecule has 8 nitrogen and oxygen atoms in total. The lowest BCUT2D eigenvalue weighted by molar-refractivity contribution is -0.124. The number of hydrogen-bond donors (Lipinski definition) is 2. The van der Waals surface area contributed by atoms with Gasteiger partial charge in [-0.15, -0.1) is 0 Å². The molecule has 0 aromatic heterocycles. The predicted molar refractivity (Wildman–Crippen MR) is 109 cm³/mol. The van der Waals surface area contributed by atoms with Crippen molar-refractivity contribution in [3.05, 3.63) is 59.7 Å². The van der Waals surface area contributed by atoms with Crippen LogP contribution in [-0.2, 0) is 14.3 Å². The van der Waals surface area contributed by atoms with Gasteiger partial charge in [-0.25, -0.2) is 4.79 Å². The summed E-state index contributed by atoms with van der Waals surface area (Å²) in [6.45, 7) is 3.52. The standard InChI is InChI=1S/C22H21N3O5/c1-13(2)30-20(28)14-7-9-15(10-8-14)23-21(29)22-12-11-18(26)25(22)17-6-4-3-5-16(17)19(27)24-22/h3-10,13H,11-12H2,1-2H3,(H,23,29)(H,24,27). The molecule has 2 N–H and O–H groups in total. The second kappa shape index (κ2) is 7.29. The van der Waals surface area contributed by atoms with Crippen LogP contribution in [-0.4, -0.2) is 35.5 Å². The maximum Gasteiger partial charge on any atom is 0.338 e. The van der Waals surface area contributed by atoms with Gasteiger partial charge in [-0.1, -0.05) is 12.1 Å². The van der Waals surface area contributed by atoms with E-state index in [2.05, 4.69) is 10.6 Å². The fourth-order valence-electron chi connectivity index (χ4n) is 3.78. The Morgan fingerprint density at radius 2 is 1.80 bits per heavy atom. The van der Waals surface area contributed by atoms with Crippen LogP contribution in [0.5, 0.6) is 0 Å². The molecular formula is C22H21N3O5. The molecule has 0 saturated carbocycles. The van der Waals surface area contributed by atoms with Gasteiger partial charge in [0.25, 0.3) is 11.8 Å². The smallest absolute Gasteiger partial charge is 0.338 e. The quantitative estimate of drug-likeness (QED) is 0.758. The number of nitrogens with one attached hydrogen (secondary N) is 2. The number of ether oxygens (including phenoxy) is 1. The number of esters is 1. The van der Waals surface area contributed by atoms with Crippen LogP contribution in [0.2, 0.25) is 0 Å². The molecule has 2 aliphatic heterocycles. The normalized spacial score (nSPS) is 19.8. The molecule has 30 heavy (non-hydrogen) atoms. The fraction of sp³-hybridized carbons (Fsp3) is 0.273. The summed E-state index contributed by atoms with van der Waals surface area (Å²) in [6.07, 6.45) is 0.0677. The molecule has 0 bridgehead atoms. The highest BCUT2D eigenvalue weighted by molar-refractivity contribution is 6.18. The monoisotopic (exact) mass is 407 g/mol. The Morgan fingerprint density at radius 1 is 1.10 bits per heavy atom. The number of amides is 3. The van der Waals surface area contributed by atoms with Gasteiger partial charge in [0, 0.05) is 18.5 Å². The molecule has 2 aliphatic rings. The maximum atomic E-state index is 13.2. The highest BCUT2D eigenvalue weighted by atomic mass is 16.5. The third-order valence-electron chi connectivity index (χ3n) is 5.14. The highest BCUT2D eigenvalue weighted by Gasteiger charge is 2.56. The van der Waals surface area contributed by atoms with Gasteiger partial charge in [0.05, 0.1) is 22.9 Å². The molecular weight excluding hydrogens is 386 g/mol. The maximum absolute atomic E-state index is 13.2. The van der Waals surface area contributed by atoms with Crippen LogP contribution in [0.25, 0.3) is 0 Å². The molecule has 1 fully saturated rings. The van der Waals surface area contributed by atoms with Crippen LogP contribution in [0, 0.1) is 0 Å². The van der Waals surface area contributed by atoms with E-state index in [-0.39, 0.29) is 24.9 Å². The number of fused-ring (bicyclic) bond motifs is 3. The molecule has 2 aromatic carbocycles. The lowest BCUT2D eigenvalue weighted by Gasteiger charge is -2.41. The van der Waals surface area contributed by atoms with Crippen molar-refractivity contribution < 1.29 is 23.9 Å². The van der Waals surface area contributed by atoms with Crippen molar-refractivity contribution >= 4 is 35.1 Å². The predicted octanol–water partition coefficient (Wildman–Crippen LogP) is 2.46. The first-order valence-corrected chi connectivity index (χ1v) is 9.69. The van der Waals surface area contributed by atoms with Crippen molar-refractivity contribution in [2.75, 3.05) is 10.2 Å². The molecule has 0 radical (unpaired) electrons. The molecule has 1 atom stereocenters. The van der Waals surface area contributed by atoms with Crippen LogP contribution in [0.1, 0.15) is 47.4 Å². The lowest BCUT2D eigenvalue weighted by Crippen LogP contribution is -2.68. The first kappa shape index (κ1) is 19.6. The topological polar surface area (TPSA) is 105 Å². The summed E-state index contributed by atoms with van der Waals surface area (Å²) < 4.78 is 5.15. The van der Waals surface area contributed by atoms with Gasteiger partial charge in [-0.05, 0) is 50.2 Å². The van der Waals surface area contributed by atoms with Crippen LogP contribution in [0.3, 0.4) is 0 Å². The Bertz CT molecular complexity index is 1050. The third-order valence-corrected chi connectivity index (χ3v) is 5.14. The van der Waals surface area contributed by atoms with Gasteiger partial charge in [0.15, 0.2) is 0 Å². The molecule has 1 saturated heterocycles. The Hall–Kier alpha value is -3.68. The first-order valence-electron chi connectivity index (χ1n) is 9.69. The summed E-state index contributed by atoms with van der Waals surface area (Å²) in [5.74, 6) is -1.61. The molecule has 2 heterocycles. The minimum absolute atomic E-state index is 0.141. The number of para-hydroxylation sites is 1. The summed E-state index contributed by atoms with van der Waals surface area (Å²) in [6, 6.07) is 12.9. The minimum Gasteiger partial charge on any atom is -0.459 e. The summed E-state index contributed by atoms with van der Waals surface area (Å²) in [5, 5.41) is 5.48. The van der Waals surface area contributed by atoms with Crippen molar-refractivity contribution in [3.8, 4) is 0 Å². The van der Waals surface area contributed by atoms with E-state index < -0.39 is 23.4 Å². The van der Waals surface area contributed by atoms with Gasteiger partial charge < -0.3 is 15.4 Å². The van der Waals surface area contributed by atoms with E-state index in [4.69, 9.17) is 4.74 Å². The number of carbonyl (C=O) groups excluding carboxylic acids is 4. The van der Waals surface area contributed by atoms with Crippen molar-refractivity contribution in [2.24, 2.45) is 0 Å². The highest BCUT2D eigenvalue weighted by Crippen LogP contribution is 2.39. The molecule has 3 amide bonds. The van der Waals surface area contributed by atoms with E-state index in [0.29, 0.717) is 22.5 Å². The molecule has 8 heteroatoms. The van der Waals surface area contributed by atoms with Crippen LogP contribution in [0.4, 0.5) is 11.4 Å². The zero-order chi connectivity index (χ0) is 21.5. The van der Waals surface area contributed by atoms with E-state index in [9.17, 15) is 19.2 Å². The Kier molecular flexibility index (Phi) is 4.77. The Balaban J connectivity index is 1.59. The number of carbonyl (C=O) groups is 4. The van der Waals surface area contributed by atoms with Gasteiger partial charge in [-0.2, -0.15) is 0 Å². The number of anilines is 2. The molecule has 2 aromatic rings. The van der Waals surface area contributed by atoms with E-state index in [1.165, 1.54) is 4.90 Å². The average Bonchev–Trinajstić information content (AvgIpc) is 3.06. The SMILES string of the molecule is CC(C)OC(=O)c1ccc(NC(=O)C23CCC(=O)N2c2ccccc2C(=O)N3)cc1. The van der Waals surface area contributed by atoms with Gasteiger partial charge in [0.1, 0.15) is 0 Å². The molecule has 4 rings (SSSR count). The van der Waals surface area contributed by atoms with Crippen LogP contribution < -0.4 is 15.5 Å². The van der Waals surface area contributed by atoms with Crippen LogP contribution in [0.15, 0.2) is 48.5 Å². The summed E-state index contributed by atoms with van der Waals surface area (Å²) in [4.78, 5) is 51.8. The van der Waals surface area contributed by atoms with Gasteiger partial charge in [0.2, 0.25) is 11.6 Å². The second-order valence-corrected chi connectivity index (χ2v) is 7.55.